The van der Waals surface area contributed by atoms with Gasteiger partial charge < -0.3 is 4.90 Å². The van der Waals surface area contributed by atoms with Gasteiger partial charge in [0.05, 0.1) is 12.0 Å². The van der Waals surface area contributed by atoms with E-state index in [0.29, 0.717) is 0 Å². The fourth-order valence-corrected chi connectivity index (χ4v) is 5.15. The largest absolute Gasteiger partial charge is 0.343 e. The van der Waals surface area contributed by atoms with Crippen LogP contribution in [0.5, 0.6) is 0 Å². The van der Waals surface area contributed by atoms with Crippen molar-refractivity contribution in [2.45, 2.75) is 63.8 Å². The van der Waals surface area contributed by atoms with Crippen LogP contribution >= 0.6 is 0 Å². The number of amides is 3. The van der Waals surface area contributed by atoms with Gasteiger partial charge in [-0.25, -0.2) is 0 Å². The average Bonchev–Trinajstić information content (AvgIpc) is 2.99. The Morgan fingerprint density at radius 3 is 2.19 bits per heavy atom. The Hall–Kier alpha value is -2.95. The first-order valence-electron chi connectivity index (χ1n) is 11.7. The summed E-state index contributed by atoms with van der Waals surface area (Å²) in [7, 11) is 0. The highest BCUT2D eigenvalue weighted by atomic mass is 16.2. The molecule has 2 fully saturated rings. The lowest BCUT2D eigenvalue weighted by atomic mass is 9.74. The monoisotopic (exact) mass is 432 g/mol. The van der Waals surface area contributed by atoms with Gasteiger partial charge in [0, 0.05) is 25.9 Å². The van der Waals surface area contributed by atoms with E-state index >= 15 is 0 Å². The summed E-state index contributed by atoms with van der Waals surface area (Å²) < 4.78 is 0. The number of rotatable bonds is 5. The molecule has 1 unspecified atom stereocenters. The number of benzene rings is 2. The lowest BCUT2D eigenvalue weighted by Gasteiger charge is -2.32. The van der Waals surface area contributed by atoms with Crippen LogP contribution in [0, 0.1) is 6.92 Å². The predicted molar refractivity (Wildman–Crippen MR) is 124 cm³/mol. The average molecular weight is 433 g/mol. The maximum Gasteiger partial charge on any atom is 0.241 e. The molecule has 3 amide bonds. The van der Waals surface area contributed by atoms with Crippen molar-refractivity contribution in [1.29, 1.82) is 0 Å². The molecule has 32 heavy (non-hydrogen) atoms. The van der Waals surface area contributed by atoms with E-state index in [9.17, 15) is 14.4 Å². The molecule has 1 atom stereocenters. The molecular formula is C27H32N2O3. The van der Waals surface area contributed by atoms with Crippen molar-refractivity contribution >= 4 is 17.7 Å². The first-order chi connectivity index (χ1) is 15.5. The Kier molecular flexibility index (Phi) is 6.73. The van der Waals surface area contributed by atoms with Crippen LogP contribution in [0.2, 0.25) is 0 Å². The van der Waals surface area contributed by atoms with Crippen LogP contribution in [0.1, 0.15) is 61.6 Å². The fourth-order valence-electron chi connectivity index (χ4n) is 5.15. The molecule has 2 saturated heterocycles. The maximum atomic E-state index is 13.9. The van der Waals surface area contributed by atoms with Gasteiger partial charge in [-0.1, -0.05) is 73.9 Å². The van der Waals surface area contributed by atoms with Crippen LogP contribution in [-0.4, -0.2) is 40.6 Å². The van der Waals surface area contributed by atoms with E-state index < -0.39 is 5.41 Å². The molecule has 2 aliphatic rings. The molecule has 4 rings (SSSR count). The molecule has 2 aromatic carbocycles. The molecule has 0 aliphatic carbocycles. The Morgan fingerprint density at radius 2 is 1.50 bits per heavy atom. The normalized spacial score (nSPS) is 22.0. The van der Waals surface area contributed by atoms with Crippen molar-refractivity contribution in [1.82, 2.24) is 9.80 Å². The van der Waals surface area contributed by atoms with E-state index in [1.807, 2.05) is 66.4 Å². The fraction of sp³-hybridized carbons (Fsp3) is 0.444. The molecule has 2 aliphatic heterocycles. The number of carbonyl (C=O) groups is 3. The van der Waals surface area contributed by atoms with E-state index in [1.54, 1.807) is 0 Å². The van der Waals surface area contributed by atoms with E-state index in [-0.39, 0.29) is 37.1 Å². The number of hydrogen-bond acceptors (Lipinski definition) is 3. The molecular weight excluding hydrogens is 400 g/mol. The summed E-state index contributed by atoms with van der Waals surface area (Å²) in [5, 5.41) is 0. The van der Waals surface area contributed by atoms with Gasteiger partial charge in [0.25, 0.3) is 0 Å². The van der Waals surface area contributed by atoms with E-state index in [4.69, 9.17) is 0 Å². The number of hydrogen-bond donors (Lipinski definition) is 0. The van der Waals surface area contributed by atoms with Gasteiger partial charge in [0.15, 0.2) is 0 Å². The summed E-state index contributed by atoms with van der Waals surface area (Å²) in [4.78, 5) is 43.7. The van der Waals surface area contributed by atoms with Crippen LogP contribution < -0.4 is 0 Å². The highest BCUT2D eigenvalue weighted by Crippen LogP contribution is 2.42. The second-order valence-electron chi connectivity index (χ2n) is 9.17. The highest BCUT2D eigenvalue weighted by Gasteiger charge is 2.54. The van der Waals surface area contributed by atoms with Gasteiger partial charge in [0.1, 0.15) is 0 Å². The summed E-state index contributed by atoms with van der Waals surface area (Å²) in [6.45, 7) is 3.66. The highest BCUT2D eigenvalue weighted by molar-refractivity contribution is 6.10. The first-order valence-corrected chi connectivity index (χ1v) is 11.7. The smallest absolute Gasteiger partial charge is 0.241 e. The summed E-state index contributed by atoms with van der Waals surface area (Å²) in [5.74, 6) is -0.471. The zero-order chi connectivity index (χ0) is 22.6. The summed E-state index contributed by atoms with van der Waals surface area (Å²) in [6.07, 6.45) is 5.57. The van der Waals surface area contributed by atoms with E-state index in [1.165, 1.54) is 11.3 Å². The molecule has 0 radical (unpaired) electrons. The third kappa shape index (κ3) is 4.47. The number of carbonyl (C=O) groups excluding carboxylic acids is 3. The van der Waals surface area contributed by atoms with Crippen molar-refractivity contribution < 1.29 is 14.4 Å². The second-order valence-corrected chi connectivity index (χ2v) is 9.17. The standard InChI is InChI=1S/C27H32N2O3/c1-21-12-8-9-15-23(21)27(18-24(30)28-16-10-3-2-4-11-17-28)19-25(31)29(26(27)32)20-22-13-6-5-7-14-22/h5-9,12-15H,2-4,10-11,16-20H2,1H3. The minimum absolute atomic E-state index is 0.0159. The van der Waals surface area contributed by atoms with Crippen LogP contribution in [-0.2, 0) is 26.3 Å². The SMILES string of the molecule is Cc1ccccc1C1(CC(=O)N2CCCCCCC2)CC(=O)N(Cc2ccccc2)C1=O. The van der Waals surface area contributed by atoms with Gasteiger partial charge in [0.2, 0.25) is 17.7 Å². The molecule has 0 aromatic heterocycles. The van der Waals surface area contributed by atoms with Crippen LogP contribution in [0.25, 0.3) is 0 Å². The second kappa shape index (κ2) is 9.68. The molecule has 2 heterocycles. The van der Waals surface area contributed by atoms with Crippen molar-refractivity contribution in [2.75, 3.05) is 13.1 Å². The number of likely N-dealkylation sites (tertiary alicyclic amines) is 2. The first kappa shape index (κ1) is 22.3. The predicted octanol–water partition coefficient (Wildman–Crippen LogP) is 4.37. The molecule has 0 spiro atoms. The van der Waals surface area contributed by atoms with Crippen LogP contribution in [0.15, 0.2) is 54.6 Å². The molecule has 168 valence electrons. The van der Waals surface area contributed by atoms with Crippen molar-refractivity contribution in [2.24, 2.45) is 0 Å². The van der Waals surface area contributed by atoms with Gasteiger partial charge >= 0.3 is 0 Å². The topological polar surface area (TPSA) is 57.7 Å². The third-order valence-electron chi connectivity index (χ3n) is 6.91. The van der Waals surface area contributed by atoms with Gasteiger partial charge in [-0.3, -0.25) is 19.3 Å². The summed E-state index contributed by atoms with van der Waals surface area (Å²) in [6, 6.07) is 17.2. The third-order valence-corrected chi connectivity index (χ3v) is 6.91. The summed E-state index contributed by atoms with van der Waals surface area (Å²) in [5.41, 5.74) is 1.52. The molecule has 2 aromatic rings. The Labute approximate surface area is 190 Å². The zero-order valence-electron chi connectivity index (χ0n) is 18.9. The van der Waals surface area contributed by atoms with Crippen molar-refractivity contribution in [3.05, 3.63) is 71.3 Å². The van der Waals surface area contributed by atoms with E-state index in [0.717, 1.165) is 55.5 Å². The molecule has 5 nitrogen and oxygen atoms in total. The molecule has 5 heteroatoms. The van der Waals surface area contributed by atoms with Gasteiger partial charge in [-0.2, -0.15) is 0 Å². The van der Waals surface area contributed by atoms with Gasteiger partial charge in [-0.15, -0.1) is 0 Å². The van der Waals surface area contributed by atoms with Crippen LogP contribution in [0.4, 0.5) is 0 Å². The molecule has 0 bridgehead atoms. The number of nitrogens with zero attached hydrogens (tertiary/aromatic N) is 2. The van der Waals surface area contributed by atoms with Crippen molar-refractivity contribution in [3.63, 3.8) is 0 Å². The minimum Gasteiger partial charge on any atom is -0.343 e. The summed E-state index contributed by atoms with van der Waals surface area (Å²) >= 11 is 0. The Morgan fingerprint density at radius 1 is 0.875 bits per heavy atom. The lowest BCUT2D eigenvalue weighted by molar-refractivity contribution is -0.143. The zero-order valence-corrected chi connectivity index (χ0v) is 18.9. The van der Waals surface area contributed by atoms with E-state index in [2.05, 4.69) is 0 Å². The van der Waals surface area contributed by atoms with Gasteiger partial charge in [-0.05, 0) is 36.5 Å². The quantitative estimate of drug-likeness (QED) is 0.659. The Bertz CT molecular complexity index is 979. The number of aryl methyl sites for hydroxylation is 1. The van der Waals surface area contributed by atoms with Crippen LogP contribution in [0.3, 0.4) is 0 Å². The maximum absolute atomic E-state index is 13.9. The molecule has 0 N–H and O–H groups in total. The minimum atomic E-state index is -1.13. The molecule has 0 saturated carbocycles. The number of imide groups is 1. The lowest BCUT2D eigenvalue weighted by Crippen LogP contribution is -2.44. The Balaban J connectivity index is 1.66. The van der Waals surface area contributed by atoms with Crippen molar-refractivity contribution in [3.8, 4) is 0 Å².